The van der Waals surface area contributed by atoms with E-state index in [1.807, 2.05) is 0 Å². The molecule has 2 aliphatic rings. The van der Waals surface area contributed by atoms with Crippen molar-refractivity contribution in [2.45, 2.75) is 45.2 Å². The molecule has 1 aromatic carbocycles. The van der Waals surface area contributed by atoms with Gasteiger partial charge in [-0.25, -0.2) is 0 Å². The number of hydrogen-bond acceptors (Lipinski definition) is 2. The molecule has 18 heavy (non-hydrogen) atoms. The van der Waals surface area contributed by atoms with Gasteiger partial charge in [-0.2, -0.15) is 0 Å². The maximum Gasteiger partial charge on any atom is 0.0429 e. The van der Waals surface area contributed by atoms with Crippen molar-refractivity contribution in [2.24, 2.45) is 5.92 Å². The molecule has 2 heteroatoms. The molecule has 0 bridgehead atoms. The first-order chi connectivity index (χ1) is 8.72. The zero-order chi connectivity index (χ0) is 12.5. The fraction of sp³-hybridized carbons (Fsp3) is 0.625. The van der Waals surface area contributed by atoms with Gasteiger partial charge < -0.3 is 5.32 Å². The van der Waals surface area contributed by atoms with Gasteiger partial charge in [-0.1, -0.05) is 25.1 Å². The van der Waals surface area contributed by atoms with Crippen LogP contribution in [-0.2, 0) is 6.42 Å². The summed E-state index contributed by atoms with van der Waals surface area (Å²) in [5.74, 6) is 0.907. The van der Waals surface area contributed by atoms with E-state index < -0.39 is 0 Å². The van der Waals surface area contributed by atoms with Crippen LogP contribution in [0.15, 0.2) is 24.3 Å². The van der Waals surface area contributed by atoms with Gasteiger partial charge >= 0.3 is 0 Å². The van der Waals surface area contributed by atoms with Gasteiger partial charge in [-0.15, -0.1) is 0 Å². The minimum Gasteiger partial charge on any atom is -0.380 e. The Kier molecular flexibility index (Phi) is 3.29. The van der Waals surface area contributed by atoms with Gasteiger partial charge in [-0.05, 0) is 50.3 Å². The molecule has 0 saturated carbocycles. The Morgan fingerprint density at radius 3 is 2.89 bits per heavy atom. The van der Waals surface area contributed by atoms with Crippen LogP contribution in [0.1, 0.15) is 32.3 Å². The largest absolute Gasteiger partial charge is 0.380 e. The summed E-state index contributed by atoms with van der Waals surface area (Å²) in [4.78, 5) is 2.67. The van der Waals surface area contributed by atoms with Crippen LogP contribution in [0, 0.1) is 5.92 Å². The highest BCUT2D eigenvalue weighted by Gasteiger charge is 2.27. The molecule has 2 aliphatic heterocycles. The van der Waals surface area contributed by atoms with E-state index in [0.717, 1.165) is 12.0 Å². The molecule has 0 aromatic heterocycles. The summed E-state index contributed by atoms with van der Waals surface area (Å²) in [7, 11) is 0. The van der Waals surface area contributed by atoms with Gasteiger partial charge in [0.1, 0.15) is 0 Å². The Balaban J connectivity index is 1.59. The summed E-state index contributed by atoms with van der Waals surface area (Å²) in [6.45, 7) is 7.24. The minimum atomic E-state index is 0.609. The van der Waals surface area contributed by atoms with Crippen LogP contribution >= 0.6 is 0 Å². The first-order valence-corrected chi connectivity index (χ1v) is 7.31. The molecule has 1 aromatic rings. The first kappa shape index (κ1) is 12.0. The van der Waals surface area contributed by atoms with Crippen molar-refractivity contribution < 1.29 is 0 Å². The van der Waals surface area contributed by atoms with Gasteiger partial charge in [0.15, 0.2) is 0 Å². The van der Waals surface area contributed by atoms with E-state index in [9.17, 15) is 0 Å². The number of nitrogens with zero attached hydrogens (tertiary/aromatic N) is 1. The number of rotatable bonds is 2. The molecule has 1 fully saturated rings. The van der Waals surface area contributed by atoms with E-state index >= 15 is 0 Å². The smallest absolute Gasteiger partial charge is 0.0429 e. The molecular weight excluding hydrogens is 220 g/mol. The van der Waals surface area contributed by atoms with Crippen LogP contribution in [-0.4, -0.2) is 30.1 Å². The van der Waals surface area contributed by atoms with E-state index in [1.165, 1.54) is 43.6 Å². The van der Waals surface area contributed by atoms with Crippen LogP contribution in [0.25, 0.3) is 0 Å². The summed E-state index contributed by atoms with van der Waals surface area (Å²) in [5.41, 5.74) is 2.83. The van der Waals surface area contributed by atoms with Crippen LogP contribution < -0.4 is 5.32 Å². The molecule has 3 atom stereocenters. The van der Waals surface area contributed by atoms with Crippen molar-refractivity contribution in [3.8, 4) is 0 Å². The molecule has 3 rings (SSSR count). The maximum atomic E-state index is 3.67. The van der Waals surface area contributed by atoms with E-state index in [2.05, 4.69) is 48.3 Å². The molecule has 3 unspecified atom stereocenters. The molecule has 98 valence electrons. The molecule has 0 amide bonds. The summed E-state index contributed by atoms with van der Waals surface area (Å²) < 4.78 is 0. The zero-order valence-corrected chi connectivity index (χ0v) is 11.5. The Labute approximate surface area is 110 Å². The fourth-order valence-corrected chi connectivity index (χ4v) is 3.50. The lowest BCUT2D eigenvalue weighted by atomic mass is 9.93. The van der Waals surface area contributed by atoms with Gasteiger partial charge in [-0.3, -0.25) is 4.90 Å². The maximum absolute atomic E-state index is 3.67. The second-order valence-electron chi connectivity index (χ2n) is 6.18. The Morgan fingerprint density at radius 2 is 2.11 bits per heavy atom. The van der Waals surface area contributed by atoms with Crippen LogP contribution in [0.5, 0.6) is 0 Å². The van der Waals surface area contributed by atoms with Gasteiger partial charge in [0.25, 0.3) is 0 Å². The number of piperidine rings is 1. The number of hydrogen-bond donors (Lipinski definition) is 1. The predicted molar refractivity (Wildman–Crippen MR) is 77.0 cm³/mol. The second kappa shape index (κ2) is 4.93. The topological polar surface area (TPSA) is 15.3 Å². The molecule has 0 radical (unpaired) electrons. The van der Waals surface area contributed by atoms with Crippen LogP contribution in [0.4, 0.5) is 5.69 Å². The lowest BCUT2D eigenvalue weighted by Gasteiger charge is -2.38. The average Bonchev–Trinajstić information content (AvgIpc) is 2.75. The molecule has 2 nitrogen and oxygen atoms in total. The highest BCUT2D eigenvalue weighted by Crippen LogP contribution is 2.28. The number of fused-ring (bicyclic) bond motifs is 1. The number of anilines is 1. The van der Waals surface area contributed by atoms with Crippen molar-refractivity contribution in [1.82, 2.24) is 4.90 Å². The van der Waals surface area contributed by atoms with Crippen molar-refractivity contribution in [3.63, 3.8) is 0 Å². The molecule has 0 spiro atoms. The molecule has 1 N–H and O–H groups in total. The van der Waals surface area contributed by atoms with Crippen molar-refractivity contribution in [3.05, 3.63) is 29.8 Å². The number of para-hydroxylation sites is 1. The summed E-state index contributed by atoms with van der Waals surface area (Å²) in [6.07, 6.45) is 3.92. The number of likely N-dealkylation sites (tertiary alicyclic amines) is 1. The fourth-order valence-electron chi connectivity index (χ4n) is 3.50. The van der Waals surface area contributed by atoms with E-state index in [1.54, 1.807) is 0 Å². The Bertz CT molecular complexity index is 390. The summed E-state index contributed by atoms with van der Waals surface area (Å²) in [5, 5.41) is 3.67. The Hall–Kier alpha value is -1.02. The van der Waals surface area contributed by atoms with E-state index in [0.29, 0.717) is 6.04 Å². The Morgan fingerprint density at radius 1 is 1.28 bits per heavy atom. The first-order valence-electron chi connectivity index (χ1n) is 7.31. The molecule has 0 aliphatic carbocycles. The third-order valence-electron chi connectivity index (χ3n) is 4.57. The third-order valence-corrected chi connectivity index (χ3v) is 4.57. The van der Waals surface area contributed by atoms with Crippen LogP contribution in [0.3, 0.4) is 0 Å². The zero-order valence-electron chi connectivity index (χ0n) is 11.5. The van der Waals surface area contributed by atoms with Gasteiger partial charge in [0.2, 0.25) is 0 Å². The SMILES string of the molecule is CC1CCN(CC2Cc3ccccc3N2)C(C)C1. The van der Waals surface area contributed by atoms with Gasteiger partial charge in [0, 0.05) is 24.3 Å². The summed E-state index contributed by atoms with van der Waals surface area (Å²) in [6, 6.07) is 10.1. The lowest BCUT2D eigenvalue weighted by Crippen LogP contribution is -2.45. The van der Waals surface area contributed by atoms with Crippen molar-refractivity contribution >= 4 is 5.69 Å². The predicted octanol–water partition coefficient (Wildman–Crippen LogP) is 3.14. The molecular formula is C16H24N2. The quantitative estimate of drug-likeness (QED) is 0.860. The highest BCUT2D eigenvalue weighted by atomic mass is 15.2. The average molecular weight is 244 g/mol. The molecule has 1 saturated heterocycles. The van der Waals surface area contributed by atoms with Crippen molar-refractivity contribution in [2.75, 3.05) is 18.4 Å². The standard InChI is InChI=1S/C16H24N2/c1-12-7-8-18(13(2)9-12)11-15-10-14-5-3-4-6-16(14)17-15/h3-6,12-13,15,17H,7-11H2,1-2H3. The molecule has 2 heterocycles. The lowest BCUT2D eigenvalue weighted by molar-refractivity contribution is 0.125. The normalized spacial score (nSPS) is 32.0. The van der Waals surface area contributed by atoms with E-state index in [-0.39, 0.29) is 0 Å². The van der Waals surface area contributed by atoms with Crippen LogP contribution in [0.2, 0.25) is 0 Å². The highest BCUT2D eigenvalue weighted by molar-refractivity contribution is 5.56. The monoisotopic (exact) mass is 244 g/mol. The minimum absolute atomic E-state index is 0.609. The third kappa shape index (κ3) is 2.39. The number of nitrogens with one attached hydrogen (secondary N) is 1. The summed E-state index contributed by atoms with van der Waals surface area (Å²) >= 11 is 0. The number of benzene rings is 1. The van der Waals surface area contributed by atoms with Gasteiger partial charge in [0.05, 0.1) is 0 Å². The van der Waals surface area contributed by atoms with Crippen molar-refractivity contribution in [1.29, 1.82) is 0 Å². The second-order valence-corrected chi connectivity index (χ2v) is 6.18. The van der Waals surface area contributed by atoms with E-state index in [4.69, 9.17) is 0 Å².